The minimum atomic E-state index is 0.580. The van der Waals surface area contributed by atoms with Crippen molar-refractivity contribution in [3.05, 3.63) is 30.5 Å². The van der Waals surface area contributed by atoms with Crippen LogP contribution in [0.15, 0.2) is 30.5 Å². The molecular weight excluding hydrogens is 198 g/mol. The number of nitrogens with zero attached hydrogens (tertiary/aromatic N) is 2. The normalized spacial score (nSPS) is 10.4. The van der Waals surface area contributed by atoms with Gasteiger partial charge in [0, 0.05) is 17.8 Å². The summed E-state index contributed by atoms with van der Waals surface area (Å²) >= 11 is 5.60. The van der Waals surface area contributed by atoms with Gasteiger partial charge in [-0.1, -0.05) is 18.2 Å². The molecule has 1 heterocycles. The molecule has 2 rings (SSSR count). The van der Waals surface area contributed by atoms with Gasteiger partial charge in [-0.15, -0.1) is 11.6 Å². The molecule has 0 amide bonds. The second kappa shape index (κ2) is 4.24. The van der Waals surface area contributed by atoms with Crippen LogP contribution in [-0.2, 0) is 0 Å². The first-order valence-electron chi connectivity index (χ1n) is 4.42. The van der Waals surface area contributed by atoms with Crippen molar-refractivity contribution in [2.45, 2.75) is 0 Å². The summed E-state index contributed by atoms with van der Waals surface area (Å²) in [6, 6.07) is 7.88. The zero-order valence-electron chi connectivity index (χ0n) is 7.57. The molecule has 0 aliphatic carbocycles. The number of alkyl halides is 1. The van der Waals surface area contributed by atoms with Gasteiger partial charge in [-0.05, 0) is 6.07 Å². The molecule has 72 valence electrons. The number of aromatic nitrogens is 2. The number of benzene rings is 1. The Labute approximate surface area is 87.1 Å². The van der Waals surface area contributed by atoms with E-state index in [2.05, 4.69) is 15.5 Å². The highest BCUT2D eigenvalue weighted by molar-refractivity contribution is 6.18. The molecule has 3 nitrogen and oxygen atoms in total. The number of hydrogen-bond acceptors (Lipinski definition) is 3. The molecule has 1 aromatic carbocycles. The molecule has 0 unspecified atom stereocenters. The quantitative estimate of drug-likeness (QED) is 0.785. The minimum absolute atomic E-state index is 0.580. The summed E-state index contributed by atoms with van der Waals surface area (Å²) in [6.07, 6.45) is 1.72. The SMILES string of the molecule is ClCCNc1cnnc2ccccc12. The zero-order valence-corrected chi connectivity index (χ0v) is 8.33. The van der Waals surface area contributed by atoms with Crippen LogP contribution in [0.1, 0.15) is 0 Å². The van der Waals surface area contributed by atoms with Crippen molar-refractivity contribution >= 4 is 28.2 Å². The summed E-state index contributed by atoms with van der Waals surface area (Å²) < 4.78 is 0. The van der Waals surface area contributed by atoms with E-state index >= 15 is 0 Å². The fraction of sp³-hybridized carbons (Fsp3) is 0.200. The zero-order chi connectivity index (χ0) is 9.80. The van der Waals surface area contributed by atoms with E-state index in [1.807, 2.05) is 24.3 Å². The van der Waals surface area contributed by atoms with Gasteiger partial charge in [0.05, 0.1) is 17.4 Å². The number of nitrogens with one attached hydrogen (secondary N) is 1. The van der Waals surface area contributed by atoms with Crippen LogP contribution in [0, 0.1) is 0 Å². The second-order valence-electron chi connectivity index (χ2n) is 2.89. The van der Waals surface area contributed by atoms with E-state index in [-0.39, 0.29) is 0 Å². The number of hydrogen-bond donors (Lipinski definition) is 1. The molecule has 0 spiro atoms. The summed E-state index contributed by atoms with van der Waals surface area (Å²) in [5, 5.41) is 12.2. The van der Waals surface area contributed by atoms with Crippen molar-refractivity contribution in [2.75, 3.05) is 17.7 Å². The maximum Gasteiger partial charge on any atom is 0.0950 e. The highest BCUT2D eigenvalue weighted by Crippen LogP contribution is 2.19. The van der Waals surface area contributed by atoms with Gasteiger partial charge in [0.15, 0.2) is 0 Å². The second-order valence-corrected chi connectivity index (χ2v) is 3.27. The summed E-state index contributed by atoms with van der Waals surface area (Å²) in [5.74, 6) is 0.580. The predicted octanol–water partition coefficient (Wildman–Crippen LogP) is 2.28. The van der Waals surface area contributed by atoms with E-state index in [0.717, 1.165) is 23.1 Å². The first-order chi connectivity index (χ1) is 6.92. The van der Waals surface area contributed by atoms with E-state index in [0.29, 0.717) is 5.88 Å². The van der Waals surface area contributed by atoms with Gasteiger partial charge >= 0.3 is 0 Å². The van der Waals surface area contributed by atoms with E-state index < -0.39 is 0 Å². The van der Waals surface area contributed by atoms with Gasteiger partial charge in [-0.25, -0.2) is 0 Å². The molecule has 0 saturated heterocycles. The summed E-state index contributed by atoms with van der Waals surface area (Å²) in [5.41, 5.74) is 1.88. The maximum atomic E-state index is 5.60. The van der Waals surface area contributed by atoms with Crippen LogP contribution in [0.25, 0.3) is 10.9 Å². The highest BCUT2D eigenvalue weighted by atomic mass is 35.5. The first kappa shape index (κ1) is 9.21. The van der Waals surface area contributed by atoms with Gasteiger partial charge in [0.1, 0.15) is 0 Å². The van der Waals surface area contributed by atoms with Gasteiger partial charge < -0.3 is 5.32 Å². The van der Waals surface area contributed by atoms with Gasteiger partial charge in [0.2, 0.25) is 0 Å². The van der Waals surface area contributed by atoms with Crippen LogP contribution in [-0.4, -0.2) is 22.6 Å². The number of anilines is 1. The molecule has 14 heavy (non-hydrogen) atoms. The lowest BCUT2D eigenvalue weighted by atomic mass is 10.2. The maximum absolute atomic E-state index is 5.60. The lowest BCUT2D eigenvalue weighted by Gasteiger charge is -2.05. The van der Waals surface area contributed by atoms with Crippen molar-refractivity contribution in [3.63, 3.8) is 0 Å². The molecule has 1 aromatic heterocycles. The molecule has 0 fully saturated rings. The van der Waals surface area contributed by atoms with Gasteiger partial charge in [-0.2, -0.15) is 10.2 Å². The topological polar surface area (TPSA) is 37.8 Å². The average molecular weight is 208 g/mol. The molecule has 0 atom stereocenters. The van der Waals surface area contributed by atoms with Crippen molar-refractivity contribution in [1.29, 1.82) is 0 Å². The Hall–Kier alpha value is -1.35. The minimum Gasteiger partial charge on any atom is -0.382 e. The van der Waals surface area contributed by atoms with Crippen molar-refractivity contribution in [3.8, 4) is 0 Å². The Morgan fingerprint density at radius 1 is 1.29 bits per heavy atom. The smallest absolute Gasteiger partial charge is 0.0950 e. The Kier molecular flexibility index (Phi) is 2.79. The van der Waals surface area contributed by atoms with E-state index in [1.165, 1.54) is 0 Å². The molecule has 4 heteroatoms. The van der Waals surface area contributed by atoms with Crippen molar-refractivity contribution < 1.29 is 0 Å². The fourth-order valence-electron chi connectivity index (χ4n) is 1.33. The monoisotopic (exact) mass is 207 g/mol. The molecular formula is C10H10ClN3. The third kappa shape index (κ3) is 1.77. The number of fused-ring (bicyclic) bond motifs is 1. The summed E-state index contributed by atoms with van der Waals surface area (Å²) in [7, 11) is 0. The molecule has 2 aromatic rings. The molecule has 0 saturated carbocycles. The van der Waals surface area contributed by atoms with Crippen LogP contribution < -0.4 is 5.32 Å². The summed E-state index contributed by atoms with van der Waals surface area (Å²) in [4.78, 5) is 0. The Balaban J connectivity index is 2.43. The number of halogens is 1. The van der Waals surface area contributed by atoms with Crippen LogP contribution in [0.3, 0.4) is 0 Å². The number of rotatable bonds is 3. The summed E-state index contributed by atoms with van der Waals surface area (Å²) in [6.45, 7) is 0.733. The predicted molar refractivity (Wildman–Crippen MR) is 58.7 cm³/mol. The molecule has 1 N–H and O–H groups in total. The van der Waals surface area contributed by atoms with E-state index in [1.54, 1.807) is 6.20 Å². The highest BCUT2D eigenvalue weighted by Gasteiger charge is 2.00. The van der Waals surface area contributed by atoms with Crippen LogP contribution in [0.4, 0.5) is 5.69 Å². The van der Waals surface area contributed by atoms with Crippen LogP contribution in [0.5, 0.6) is 0 Å². The lowest BCUT2D eigenvalue weighted by Crippen LogP contribution is -2.03. The van der Waals surface area contributed by atoms with E-state index in [4.69, 9.17) is 11.6 Å². The van der Waals surface area contributed by atoms with Gasteiger partial charge in [-0.3, -0.25) is 0 Å². The van der Waals surface area contributed by atoms with Crippen LogP contribution in [0.2, 0.25) is 0 Å². The Bertz CT molecular complexity index is 425. The first-order valence-corrected chi connectivity index (χ1v) is 4.95. The fourth-order valence-corrected chi connectivity index (χ4v) is 1.42. The molecule has 0 bridgehead atoms. The standard InChI is InChI=1S/C10H10ClN3/c11-5-6-12-10-7-13-14-9-4-2-1-3-8(9)10/h1-4,7H,5-6H2,(H,12,14). The molecule has 0 aliphatic heterocycles. The van der Waals surface area contributed by atoms with Crippen molar-refractivity contribution in [2.24, 2.45) is 0 Å². The Morgan fingerprint density at radius 2 is 2.14 bits per heavy atom. The Morgan fingerprint density at radius 3 is 3.00 bits per heavy atom. The largest absolute Gasteiger partial charge is 0.382 e. The van der Waals surface area contributed by atoms with Gasteiger partial charge in [0.25, 0.3) is 0 Å². The van der Waals surface area contributed by atoms with E-state index in [9.17, 15) is 0 Å². The average Bonchev–Trinajstić information content (AvgIpc) is 2.26. The third-order valence-electron chi connectivity index (χ3n) is 1.96. The molecule has 0 radical (unpaired) electrons. The third-order valence-corrected chi connectivity index (χ3v) is 2.15. The lowest BCUT2D eigenvalue weighted by molar-refractivity contribution is 1.07. The van der Waals surface area contributed by atoms with Crippen LogP contribution >= 0.6 is 11.6 Å². The molecule has 0 aliphatic rings. The van der Waals surface area contributed by atoms with Crippen molar-refractivity contribution in [1.82, 2.24) is 10.2 Å².